The molecule has 0 spiro atoms. The van der Waals surface area contributed by atoms with E-state index in [1.54, 1.807) is 7.05 Å². The van der Waals surface area contributed by atoms with Crippen LogP contribution >= 0.6 is 0 Å². The number of phenols is 1. The molecule has 0 radical (unpaired) electrons. The smallest absolute Gasteiger partial charge is 0.242 e. The molecule has 1 fully saturated rings. The Morgan fingerprint density at radius 3 is 2.89 bits per heavy atom. The van der Waals surface area contributed by atoms with Crippen LogP contribution in [0.15, 0.2) is 29.2 Å². The first kappa shape index (κ1) is 14.3. The van der Waals surface area contributed by atoms with Crippen molar-refractivity contribution in [1.29, 1.82) is 0 Å². The van der Waals surface area contributed by atoms with Crippen LogP contribution < -0.4 is 0 Å². The van der Waals surface area contributed by atoms with Crippen molar-refractivity contribution in [1.82, 2.24) is 4.31 Å². The molecular weight excluding hydrogens is 266 g/mol. The van der Waals surface area contributed by atoms with Crippen molar-refractivity contribution in [2.75, 3.05) is 26.8 Å². The molecule has 1 unspecified atom stereocenters. The van der Waals surface area contributed by atoms with Crippen LogP contribution in [-0.2, 0) is 14.8 Å². The molecule has 0 aromatic heterocycles. The number of phenolic OH excluding ortho intramolecular Hbond substituents is 1. The van der Waals surface area contributed by atoms with Crippen molar-refractivity contribution in [3.63, 3.8) is 0 Å². The molecule has 1 aromatic rings. The second-order valence-corrected chi connectivity index (χ2v) is 6.91. The first-order chi connectivity index (χ1) is 9.00. The lowest BCUT2D eigenvalue weighted by Crippen LogP contribution is -2.35. The van der Waals surface area contributed by atoms with Crippen molar-refractivity contribution in [2.24, 2.45) is 5.92 Å². The molecule has 106 valence electrons. The van der Waals surface area contributed by atoms with Crippen LogP contribution in [0.3, 0.4) is 0 Å². The summed E-state index contributed by atoms with van der Waals surface area (Å²) in [5.41, 5.74) is 0. The summed E-state index contributed by atoms with van der Waals surface area (Å²) >= 11 is 0. The number of rotatable bonds is 4. The topological polar surface area (TPSA) is 66.8 Å². The molecule has 0 aliphatic carbocycles. The summed E-state index contributed by atoms with van der Waals surface area (Å²) in [5, 5.41) is 9.38. The van der Waals surface area contributed by atoms with E-state index in [2.05, 4.69) is 0 Å². The molecule has 1 saturated heterocycles. The molecule has 1 aliphatic heterocycles. The zero-order valence-electron chi connectivity index (χ0n) is 10.9. The zero-order chi connectivity index (χ0) is 13.9. The zero-order valence-corrected chi connectivity index (χ0v) is 11.8. The molecule has 19 heavy (non-hydrogen) atoms. The lowest BCUT2D eigenvalue weighted by Gasteiger charge is -2.26. The average Bonchev–Trinajstić information content (AvgIpc) is 2.40. The van der Waals surface area contributed by atoms with Crippen LogP contribution in [0.5, 0.6) is 5.75 Å². The fourth-order valence-electron chi connectivity index (χ4n) is 2.24. The van der Waals surface area contributed by atoms with E-state index in [9.17, 15) is 13.5 Å². The molecule has 0 saturated carbocycles. The van der Waals surface area contributed by atoms with Crippen molar-refractivity contribution in [3.05, 3.63) is 24.3 Å². The predicted octanol–water partition coefficient (Wildman–Crippen LogP) is 1.44. The monoisotopic (exact) mass is 285 g/mol. The molecular formula is C13H19NO4S. The van der Waals surface area contributed by atoms with Gasteiger partial charge in [-0.15, -0.1) is 0 Å². The average molecular weight is 285 g/mol. The maximum Gasteiger partial charge on any atom is 0.242 e. The highest BCUT2D eigenvalue weighted by molar-refractivity contribution is 7.89. The highest BCUT2D eigenvalue weighted by Gasteiger charge is 2.25. The summed E-state index contributed by atoms with van der Waals surface area (Å²) in [6.07, 6.45) is 1.96. The number of ether oxygens (including phenoxy) is 1. The molecule has 1 atom stereocenters. The van der Waals surface area contributed by atoms with Crippen molar-refractivity contribution in [3.8, 4) is 5.75 Å². The van der Waals surface area contributed by atoms with Gasteiger partial charge in [0.25, 0.3) is 0 Å². The molecule has 1 aromatic carbocycles. The number of hydrogen-bond donors (Lipinski definition) is 1. The number of aromatic hydroxyl groups is 1. The third kappa shape index (κ3) is 3.46. The first-order valence-corrected chi connectivity index (χ1v) is 7.77. The van der Waals surface area contributed by atoms with Gasteiger partial charge in [0.2, 0.25) is 10.0 Å². The van der Waals surface area contributed by atoms with Crippen LogP contribution in [0.1, 0.15) is 12.8 Å². The van der Waals surface area contributed by atoms with Gasteiger partial charge in [-0.2, -0.15) is 0 Å². The van der Waals surface area contributed by atoms with Crippen molar-refractivity contribution < 1.29 is 18.3 Å². The van der Waals surface area contributed by atoms with E-state index >= 15 is 0 Å². The van der Waals surface area contributed by atoms with Crippen molar-refractivity contribution >= 4 is 10.0 Å². The largest absolute Gasteiger partial charge is 0.508 e. The summed E-state index contributed by atoms with van der Waals surface area (Å²) in [6, 6.07) is 5.74. The van der Waals surface area contributed by atoms with E-state index in [0.717, 1.165) is 19.4 Å². The highest BCUT2D eigenvalue weighted by Crippen LogP contribution is 2.22. The van der Waals surface area contributed by atoms with Gasteiger partial charge in [0.1, 0.15) is 5.75 Å². The Labute approximate surface area is 113 Å². The van der Waals surface area contributed by atoms with E-state index in [1.807, 2.05) is 0 Å². The Hall–Kier alpha value is -1.11. The molecule has 2 rings (SSSR count). The van der Waals surface area contributed by atoms with E-state index in [1.165, 1.54) is 28.6 Å². The highest BCUT2D eigenvalue weighted by atomic mass is 32.2. The molecule has 1 aliphatic rings. The SMILES string of the molecule is CN(CC1CCCOC1)S(=O)(=O)c1cccc(O)c1. The van der Waals surface area contributed by atoms with Gasteiger partial charge in [0.15, 0.2) is 0 Å². The predicted molar refractivity (Wildman–Crippen MR) is 71.5 cm³/mol. The van der Waals surface area contributed by atoms with Crippen LogP contribution in [-0.4, -0.2) is 44.6 Å². The Morgan fingerprint density at radius 1 is 1.47 bits per heavy atom. The second kappa shape index (κ2) is 5.90. The standard InChI is InChI=1S/C13H19NO4S/c1-14(9-11-4-3-7-18-10-11)19(16,17)13-6-2-5-12(15)8-13/h2,5-6,8,11,15H,3-4,7,9-10H2,1H3. The Morgan fingerprint density at radius 2 is 2.26 bits per heavy atom. The maximum atomic E-state index is 12.3. The molecule has 0 amide bonds. The maximum absolute atomic E-state index is 12.3. The first-order valence-electron chi connectivity index (χ1n) is 6.33. The quantitative estimate of drug-likeness (QED) is 0.909. The minimum absolute atomic E-state index is 0.0459. The number of sulfonamides is 1. The third-order valence-corrected chi connectivity index (χ3v) is 5.12. The Balaban J connectivity index is 2.10. The van der Waals surface area contributed by atoms with Crippen LogP contribution in [0, 0.1) is 5.92 Å². The van der Waals surface area contributed by atoms with Gasteiger partial charge in [0, 0.05) is 20.2 Å². The molecule has 0 bridgehead atoms. The van der Waals surface area contributed by atoms with Crippen LogP contribution in [0.2, 0.25) is 0 Å². The lowest BCUT2D eigenvalue weighted by atomic mass is 10.0. The summed E-state index contributed by atoms with van der Waals surface area (Å²) in [4.78, 5) is 0.117. The fourth-order valence-corrected chi connectivity index (χ4v) is 3.52. The Kier molecular flexibility index (Phi) is 4.44. The van der Waals surface area contributed by atoms with Crippen LogP contribution in [0.25, 0.3) is 0 Å². The Bertz CT molecular complexity index is 523. The molecule has 5 nitrogen and oxygen atoms in total. The number of benzene rings is 1. The number of hydrogen-bond acceptors (Lipinski definition) is 4. The number of nitrogens with zero attached hydrogens (tertiary/aromatic N) is 1. The molecule has 1 heterocycles. The summed E-state index contributed by atoms with van der Waals surface area (Å²) in [5.74, 6) is 0.196. The summed E-state index contributed by atoms with van der Waals surface area (Å²) < 4.78 is 31.4. The minimum Gasteiger partial charge on any atom is -0.508 e. The van der Waals surface area contributed by atoms with Gasteiger partial charge in [-0.1, -0.05) is 6.07 Å². The van der Waals surface area contributed by atoms with Gasteiger partial charge >= 0.3 is 0 Å². The summed E-state index contributed by atoms with van der Waals surface area (Å²) in [7, 11) is -1.98. The second-order valence-electron chi connectivity index (χ2n) is 4.87. The van der Waals surface area contributed by atoms with E-state index in [-0.39, 0.29) is 16.6 Å². The van der Waals surface area contributed by atoms with Gasteiger partial charge in [0.05, 0.1) is 11.5 Å². The van der Waals surface area contributed by atoms with E-state index < -0.39 is 10.0 Å². The van der Waals surface area contributed by atoms with E-state index in [4.69, 9.17) is 4.74 Å². The fraction of sp³-hybridized carbons (Fsp3) is 0.538. The third-order valence-electron chi connectivity index (χ3n) is 3.30. The summed E-state index contributed by atoms with van der Waals surface area (Å²) in [6.45, 7) is 1.82. The van der Waals surface area contributed by atoms with Gasteiger partial charge in [-0.05, 0) is 37.0 Å². The van der Waals surface area contributed by atoms with Gasteiger partial charge < -0.3 is 9.84 Å². The molecule has 1 N–H and O–H groups in total. The van der Waals surface area contributed by atoms with Crippen molar-refractivity contribution in [2.45, 2.75) is 17.7 Å². The van der Waals surface area contributed by atoms with Gasteiger partial charge in [-0.25, -0.2) is 12.7 Å². The lowest BCUT2D eigenvalue weighted by molar-refractivity contribution is 0.0495. The minimum atomic E-state index is -3.54. The van der Waals surface area contributed by atoms with Crippen LogP contribution in [0.4, 0.5) is 0 Å². The molecule has 6 heteroatoms. The van der Waals surface area contributed by atoms with E-state index in [0.29, 0.717) is 13.2 Å². The normalized spacial score (nSPS) is 20.6. The van der Waals surface area contributed by atoms with Gasteiger partial charge in [-0.3, -0.25) is 0 Å².